The Morgan fingerprint density at radius 3 is 2.83 bits per heavy atom. The Morgan fingerprint density at radius 2 is 2.22 bits per heavy atom. The number of nitrogens with zero attached hydrogens (tertiary/aromatic N) is 2. The molecule has 2 N–H and O–H groups in total. The third-order valence-electron chi connectivity index (χ3n) is 3.50. The normalized spacial score (nSPS) is 23.7. The predicted octanol–water partition coefficient (Wildman–Crippen LogP) is 1.12. The number of sulfone groups is 1. The predicted molar refractivity (Wildman–Crippen MR) is 74.3 cm³/mol. The summed E-state index contributed by atoms with van der Waals surface area (Å²) in [4.78, 5) is 7.27. The van der Waals surface area contributed by atoms with Gasteiger partial charge in [-0.3, -0.25) is 4.90 Å². The molecular formula is C11H19N3O2S2. The SMILES string of the molecule is CC1(C)CCN(Cc2cnc(N)s2)CCS1(=O)=O. The van der Waals surface area contributed by atoms with E-state index in [2.05, 4.69) is 9.88 Å². The highest BCUT2D eigenvalue weighted by molar-refractivity contribution is 7.92. The third-order valence-corrected chi connectivity index (χ3v) is 6.92. The Bertz CT molecular complexity index is 522. The zero-order chi connectivity index (χ0) is 13.4. The van der Waals surface area contributed by atoms with Crippen LogP contribution in [0.2, 0.25) is 0 Å². The van der Waals surface area contributed by atoms with Crippen LogP contribution < -0.4 is 5.73 Å². The summed E-state index contributed by atoms with van der Waals surface area (Å²) in [7, 11) is -3.00. The molecule has 102 valence electrons. The quantitative estimate of drug-likeness (QED) is 0.883. The first kappa shape index (κ1) is 13.8. The van der Waals surface area contributed by atoms with Crippen LogP contribution in [-0.4, -0.2) is 41.9 Å². The molecule has 7 heteroatoms. The van der Waals surface area contributed by atoms with Gasteiger partial charge < -0.3 is 5.73 Å². The number of anilines is 1. The summed E-state index contributed by atoms with van der Waals surface area (Å²) in [5.74, 6) is 0.230. The highest BCUT2D eigenvalue weighted by Gasteiger charge is 2.36. The zero-order valence-electron chi connectivity index (χ0n) is 10.7. The van der Waals surface area contributed by atoms with Gasteiger partial charge in [0.05, 0.1) is 10.5 Å². The molecule has 1 aromatic heterocycles. The third kappa shape index (κ3) is 2.84. The van der Waals surface area contributed by atoms with Gasteiger partial charge in [-0.15, -0.1) is 11.3 Å². The average Bonchev–Trinajstić information content (AvgIpc) is 2.63. The van der Waals surface area contributed by atoms with E-state index in [0.29, 0.717) is 18.1 Å². The van der Waals surface area contributed by atoms with Crippen LogP contribution in [0, 0.1) is 0 Å². The maximum absolute atomic E-state index is 12.1. The van der Waals surface area contributed by atoms with Crippen molar-refractivity contribution in [1.29, 1.82) is 0 Å². The molecule has 0 saturated carbocycles. The van der Waals surface area contributed by atoms with Crippen molar-refractivity contribution in [2.24, 2.45) is 0 Å². The molecule has 0 aromatic carbocycles. The fourth-order valence-electron chi connectivity index (χ4n) is 1.99. The lowest BCUT2D eigenvalue weighted by molar-refractivity contribution is 0.278. The molecule has 1 aliphatic heterocycles. The molecule has 1 aliphatic rings. The van der Waals surface area contributed by atoms with E-state index in [-0.39, 0.29) is 5.75 Å². The van der Waals surface area contributed by atoms with E-state index in [4.69, 9.17) is 5.73 Å². The Balaban J connectivity index is 2.06. The fraction of sp³-hybridized carbons (Fsp3) is 0.727. The van der Waals surface area contributed by atoms with Crippen molar-refractivity contribution in [1.82, 2.24) is 9.88 Å². The lowest BCUT2D eigenvalue weighted by Crippen LogP contribution is -2.33. The van der Waals surface area contributed by atoms with Crippen LogP contribution in [0.1, 0.15) is 25.1 Å². The van der Waals surface area contributed by atoms with Gasteiger partial charge in [-0.2, -0.15) is 0 Å². The average molecular weight is 289 g/mol. The van der Waals surface area contributed by atoms with Crippen molar-refractivity contribution < 1.29 is 8.42 Å². The van der Waals surface area contributed by atoms with Crippen LogP contribution in [0.15, 0.2) is 6.20 Å². The van der Waals surface area contributed by atoms with Crippen LogP contribution >= 0.6 is 11.3 Å². The molecule has 18 heavy (non-hydrogen) atoms. The van der Waals surface area contributed by atoms with Gasteiger partial charge in [0.2, 0.25) is 0 Å². The van der Waals surface area contributed by atoms with Crippen LogP contribution in [0.3, 0.4) is 0 Å². The van der Waals surface area contributed by atoms with Crippen molar-refractivity contribution in [3.8, 4) is 0 Å². The first-order valence-electron chi connectivity index (χ1n) is 5.95. The highest BCUT2D eigenvalue weighted by Crippen LogP contribution is 2.26. The topological polar surface area (TPSA) is 76.3 Å². The summed E-state index contributed by atoms with van der Waals surface area (Å²) < 4.78 is 23.5. The number of nitrogens with two attached hydrogens (primary N) is 1. The molecule has 1 fully saturated rings. The molecule has 0 radical (unpaired) electrons. The van der Waals surface area contributed by atoms with Crippen LogP contribution in [0.4, 0.5) is 5.13 Å². The van der Waals surface area contributed by atoms with E-state index in [1.54, 1.807) is 6.20 Å². The van der Waals surface area contributed by atoms with Gasteiger partial charge in [-0.05, 0) is 20.3 Å². The standard InChI is InChI=1S/C11H19N3O2S2/c1-11(2)3-4-14(5-6-18(11,15)16)8-9-7-13-10(12)17-9/h7H,3-6,8H2,1-2H3,(H2,12,13). The fourth-order valence-corrected chi connectivity index (χ4v) is 4.17. The van der Waals surface area contributed by atoms with Gasteiger partial charge >= 0.3 is 0 Å². The molecule has 2 rings (SSSR count). The first-order valence-corrected chi connectivity index (χ1v) is 8.42. The van der Waals surface area contributed by atoms with E-state index in [1.165, 1.54) is 11.3 Å². The minimum Gasteiger partial charge on any atom is -0.375 e. The molecule has 5 nitrogen and oxygen atoms in total. The molecule has 0 unspecified atom stereocenters. The number of nitrogen functional groups attached to an aromatic ring is 1. The molecule has 0 spiro atoms. The Kier molecular flexibility index (Phi) is 3.66. The molecule has 2 heterocycles. The van der Waals surface area contributed by atoms with E-state index in [0.717, 1.165) is 18.0 Å². The van der Waals surface area contributed by atoms with Gasteiger partial charge in [-0.1, -0.05) is 0 Å². The van der Waals surface area contributed by atoms with Gasteiger partial charge in [0, 0.05) is 30.7 Å². The lowest BCUT2D eigenvalue weighted by atomic mass is 10.1. The highest BCUT2D eigenvalue weighted by atomic mass is 32.2. The minimum atomic E-state index is -3.00. The second kappa shape index (κ2) is 4.79. The summed E-state index contributed by atoms with van der Waals surface area (Å²) in [6.45, 7) is 5.75. The number of thiazole rings is 1. The summed E-state index contributed by atoms with van der Waals surface area (Å²) >= 11 is 1.46. The minimum absolute atomic E-state index is 0.230. The number of hydrogen-bond donors (Lipinski definition) is 1. The molecule has 0 atom stereocenters. The van der Waals surface area contributed by atoms with Crippen molar-refractivity contribution in [3.63, 3.8) is 0 Å². The molecule has 0 bridgehead atoms. The van der Waals surface area contributed by atoms with E-state index < -0.39 is 14.6 Å². The van der Waals surface area contributed by atoms with Crippen molar-refractivity contribution in [2.75, 3.05) is 24.6 Å². The number of aromatic nitrogens is 1. The monoisotopic (exact) mass is 289 g/mol. The number of rotatable bonds is 2. The van der Waals surface area contributed by atoms with Crippen molar-refractivity contribution >= 4 is 26.3 Å². The summed E-state index contributed by atoms with van der Waals surface area (Å²) in [6.07, 6.45) is 2.44. The Morgan fingerprint density at radius 1 is 1.50 bits per heavy atom. The van der Waals surface area contributed by atoms with E-state index >= 15 is 0 Å². The largest absolute Gasteiger partial charge is 0.375 e. The Hall–Kier alpha value is -0.660. The zero-order valence-corrected chi connectivity index (χ0v) is 12.4. The van der Waals surface area contributed by atoms with Crippen LogP contribution in [0.5, 0.6) is 0 Å². The smallest absolute Gasteiger partial charge is 0.180 e. The van der Waals surface area contributed by atoms with E-state index in [9.17, 15) is 8.42 Å². The molecule has 0 amide bonds. The number of hydrogen-bond acceptors (Lipinski definition) is 6. The van der Waals surface area contributed by atoms with Gasteiger partial charge in [-0.25, -0.2) is 13.4 Å². The molecule has 1 aromatic rings. The summed E-state index contributed by atoms with van der Waals surface area (Å²) in [6, 6.07) is 0. The van der Waals surface area contributed by atoms with Crippen molar-refractivity contribution in [2.45, 2.75) is 31.6 Å². The van der Waals surface area contributed by atoms with Crippen LogP contribution in [-0.2, 0) is 16.4 Å². The maximum atomic E-state index is 12.1. The van der Waals surface area contributed by atoms with Gasteiger partial charge in [0.15, 0.2) is 15.0 Å². The summed E-state index contributed by atoms with van der Waals surface area (Å²) in [5.41, 5.74) is 5.59. The molecule has 0 aliphatic carbocycles. The van der Waals surface area contributed by atoms with Gasteiger partial charge in [0.25, 0.3) is 0 Å². The van der Waals surface area contributed by atoms with Crippen LogP contribution in [0.25, 0.3) is 0 Å². The molecule has 1 saturated heterocycles. The molecular weight excluding hydrogens is 270 g/mol. The second-order valence-electron chi connectivity index (χ2n) is 5.27. The van der Waals surface area contributed by atoms with Crippen molar-refractivity contribution in [3.05, 3.63) is 11.1 Å². The second-order valence-corrected chi connectivity index (χ2v) is 9.16. The summed E-state index contributed by atoms with van der Waals surface area (Å²) in [5, 5.41) is 0.563. The Labute approximate surface area is 112 Å². The van der Waals surface area contributed by atoms with E-state index in [1.807, 2.05) is 13.8 Å². The van der Waals surface area contributed by atoms with Gasteiger partial charge in [0.1, 0.15) is 0 Å². The first-order chi connectivity index (χ1) is 8.30. The maximum Gasteiger partial charge on any atom is 0.180 e. The lowest BCUT2D eigenvalue weighted by Gasteiger charge is -2.22.